The van der Waals surface area contributed by atoms with Crippen LogP contribution in [0.15, 0.2) is 60.8 Å². The van der Waals surface area contributed by atoms with Gasteiger partial charge in [0.2, 0.25) is 5.91 Å². The van der Waals surface area contributed by atoms with Gasteiger partial charge in [0.25, 0.3) is 5.91 Å². The predicted octanol–water partition coefficient (Wildman–Crippen LogP) is 3.26. The van der Waals surface area contributed by atoms with Crippen molar-refractivity contribution in [3.8, 4) is 28.4 Å². The summed E-state index contributed by atoms with van der Waals surface area (Å²) in [5, 5.41) is 4.71. The van der Waals surface area contributed by atoms with Gasteiger partial charge < -0.3 is 14.2 Å². The molecule has 4 rings (SSSR count). The molecule has 1 saturated heterocycles. The normalized spacial score (nSPS) is 13.3. The number of imide groups is 1. The van der Waals surface area contributed by atoms with Crippen LogP contribution in [0.3, 0.4) is 0 Å². The Morgan fingerprint density at radius 1 is 1.06 bits per heavy atom. The minimum absolute atomic E-state index is 0.241. The highest BCUT2D eigenvalue weighted by molar-refractivity contribution is 5.98. The molecule has 1 fully saturated rings. The first-order valence-corrected chi connectivity index (χ1v) is 11.1. The third-order valence-corrected chi connectivity index (χ3v) is 5.53. The number of methoxy groups -OCH3 is 2. The average molecular weight is 476 g/mol. The van der Waals surface area contributed by atoms with Crippen LogP contribution >= 0.6 is 0 Å². The molecule has 0 radical (unpaired) electrons. The Morgan fingerprint density at radius 2 is 1.83 bits per heavy atom. The Morgan fingerprint density at radius 3 is 2.51 bits per heavy atom. The standard InChI is InChI=1S/C26H25N3O6/c1-33-21-12-10-18(15-22(21)34-2)26-19(16-29(27-26)20-7-4-3-5-8-20)11-13-25(32)35-17-24(31)28-14-6-9-23(28)30/h3-5,7-8,10-13,15-16H,6,9,14,17H2,1-2H3/b13-11+. The summed E-state index contributed by atoms with van der Waals surface area (Å²) in [6.07, 6.45) is 5.56. The summed E-state index contributed by atoms with van der Waals surface area (Å²) in [5.74, 6) is -0.327. The Balaban J connectivity index is 1.57. The van der Waals surface area contributed by atoms with Crippen LogP contribution < -0.4 is 9.47 Å². The minimum Gasteiger partial charge on any atom is -0.493 e. The van der Waals surface area contributed by atoms with E-state index in [1.807, 2.05) is 36.4 Å². The lowest BCUT2D eigenvalue weighted by atomic mass is 10.1. The lowest BCUT2D eigenvalue weighted by Crippen LogP contribution is -2.35. The molecular weight excluding hydrogens is 450 g/mol. The van der Waals surface area contributed by atoms with Crippen LogP contribution in [0.2, 0.25) is 0 Å². The fraction of sp³-hybridized carbons (Fsp3) is 0.231. The van der Waals surface area contributed by atoms with Gasteiger partial charge in [0.15, 0.2) is 18.1 Å². The number of hydrogen-bond acceptors (Lipinski definition) is 7. The van der Waals surface area contributed by atoms with Gasteiger partial charge in [0.1, 0.15) is 5.69 Å². The van der Waals surface area contributed by atoms with Crippen molar-refractivity contribution in [3.63, 3.8) is 0 Å². The molecule has 2 heterocycles. The van der Waals surface area contributed by atoms with Crippen molar-refractivity contribution in [2.24, 2.45) is 0 Å². The third kappa shape index (κ3) is 5.40. The first-order valence-electron chi connectivity index (χ1n) is 11.1. The summed E-state index contributed by atoms with van der Waals surface area (Å²) in [6.45, 7) is -0.126. The zero-order chi connectivity index (χ0) is 24.8. The maximum absolute atomic E-state index is 12.3. The summed E-state index contributed by atoms with van der Waals surface area (Å²) >= 11 is 0. The van der Waals surface area contributed by atoms with E-state index < -0.39 is 18.5 Å². The lowest BCUT2D eigenvalue weighted by molar-refractivity contribution is -0.151. The minimum atomic E-state index is -0.698. The Bertz CT molecular complexity index is 1270. The van der Waals surface area contributed by atoms with Crippen LogP contribution in [0.1, 0.15) is 18.4 Å². The molecular formula is C26H25N3O6. The summed E-state index contributed by atoms with van der Waals surface area (Å²) < 4.78 is 17.5. The van der Waals surface area contributed by atoms with E-state index in [0.717, 1.165) is 16.2 Å². The predicted molar refractivity (Wildman–Crippen MR) is 128 cm³/mol. The molecule has 1 aliphatic rings. The maximum Gasteiger partial charge on any atom is 0.331 e. The third-order valence-electron chi connectivity index (χ3n) is 5.53. The number of amides is 2. The molecule has 0 atom stereocenters. The second-order valence-electron chi connectivity index (χ2n) is 7.77. The summed E-state index contributed by atoms with van der Waals surface area (Å²) in [7, 11) is 3.11. The van der Waals surface area contributed by atoms with Gasteiger partial charge in [-0.25, -0.2) is 9.48 Å². The number of para-hydroxylation sites is 1. The highest BCUT2D eigenvalue weighted by atomic mass is 16.5. The van der Waals surface area contributed by atoms with E-state index in [0.29, 0.717) is 42.1 Å². The fourth-order valence-electron chi connectivity index (χ4n) is 3.76. The molecule has 2 amide bonds. The SMILES string of the molecule is COc1ccc(-c2nn(-c3ccccc3)cc2/C=C/C(=O)OCC(=O)N2CCCC2=O)cc1OC. The molecule has 3 aromatic rings. The molecule has 0 saturated carbocycles. The molecule has 1 aliphatic heterocycles. The fourth-order valence-corrected chi connectivity index (χ4v) is 3.76. The van der Waals surface area contributed by atoms with Gasteiger partial charge in [-0.05, 0) is 42.8 Å². The van der Waals surface area contributed by atoms with Crippen LogP contribution in [-0.2, 0) is 19.1 Å². The Kier molecular flexibility index (Phi) is 7.25. The van der Waals surface area contributed by atoms with E-state index >= 15 is 0 Å². The van der Waals surface area contributed by atoms with Gasteiger partial charge >= 0.3 is 5.97 Å². The van der Waals surface area contributed by atoms with Gasteiger partial charge in [-0.3, -0.25) is 14.5 Å². The first-order chi connectivity index (χ1) is 17.0. The van der Waals surface area contributed by atoms with Gasteiger partial charge in [0.05, 0.1) is 19.9 Å². The maximum atomic E-state index is 12.3. The average Bonchev–Trinajstić information content (AvgIpc) is 3.52. The molecule has 9 heteroatoms. The highest BCUT2D eigenvalue weighted by Crippen LogP contribution is 2.33. The van der Waals surface area contributed by atoms with Gasteiger partial charge in [0, 0.05) is 36.4 Å². The molecule has 2 aromatic carbocycles. The van der Waals surface area contributed by atoms with Crippen LogP contribution in [-0.4, -0.2) is 59.8 Å². The Hall–Kier alpha value is -4.40. The number of ether oxygens (including phenoxy) is 3. The van der Waals surface area contributed by atoms with Crippen molar-refractivity contribution in [2.45, 2.75) is 12.8 Å². The first kappa shape index (κ1) is 23.7. The van der Waals surface area contributed by atoms with Crippen molar-refractivity contribution in [1.29, 1.82) is 0 Å². The molecule has 0 spiro atoms. The number of rotatable bonds is 8. The number of carbonyl (C=O) groups is 3. The zero-order valence-corrected chi connectivity index (χ0v) is 19.5. The van der Waals surface area contributed by atoms with Crippen LogP contribution in [0.25, 0.3) is 23.0 Å². The van der Waals surface area contributed by atoms with E-state index in [4.69, 9.17) is 19.3 Å². The number of nitrogens with zero attached hydrogens (tertiary/aromatic N) is 3. The molecule has 0 unspecified atom stereocenters. The molecule has 180 valence electrons. The van der Waals surface area contributed by atoms with Gasteiger partial charge in [-0.1, -0.05) is 18.2 Å². The summed E-state index contributed by atoms with van der Waals surface area (Å²) in [6, 6.07) is 15.0. The molecule has 0 bridgehead atoms. The molecule has 9 nitrogen and oxygen atoms in total. The molecule has 1 aromatic heterocycles. The highest BCUT2D eigenvalue weighted by Gasteiger charge is 2.26. The van der Waals surface area contributed by atoms with Crippen molar-refractivity contribution in [2.75, 3.05) is 27.4 Å². The molecule has 35 heavy (non-hydrogen) atoms. The number of carbonyl (C=O) groups excluding carboxylic acids is 3. The lowest BCUT2D eigenvalue weighted by Gasteiger charge is -2.12. The second kappa shape index (κ2) is 10.7. The van der Waals surface area contributed by atoms with Gasteiger partial charge in [-0.15, -0.1) is 0 Å². The van der Waals surface area contributed by atoms with E-state index in [1.54, 1.807) is 43.3 Å². The quantitative estimate of drug-likeness (QED) is 0.364. The summed E-state index contributed by atoms with van der Waals surface area (Å²) in [4.78, 5) is 37.2. The number of hydrogen-bond donors (Lipinski definition) is 0. The van der Waals surface area contributed by atoms with E-state index in [-0.39, 0.29) is 5.91 Å². The van der Waals surface area contributed by atoms with Gasteiger partial charge in [-0.2, -0.15) is 5.10 Å². The Labute approximate surface area is 202 Å². The van der Waals surface area contributed by atoms with Crippen molar-refractivity contribution < 1.29 is 28.6 Å². The number of aromatic nitrogens is 2. The monoisotopic (exact) mass is 475 g/mol. The van der Waals surface area contributed by atoms with Crippen LogP contribution in [0, 0.1) is 0 Å². The van der Waals surface area contributed by atoms with E-state index in [2.05, 4.69) is 0 Å². The zero-order valence-electron chi connectivity index (χ0n) is 19.5. The molecule has 0 N–H and O–H groups in total. The molecule has 0 aliphatic carbocycles. The van der Waals surface area contributed by atoms with Crippen molar-refractivity contribution >= 4 is 23.9 Å². The van der Waals surface area contributed by atoms with Crippen molar-refractivity contribution in [3.05, 3.63) is 66.4 Å². The van der Waals surface area contributed by atoms with E-state index in [1.165, 1.54) is 6.08 Å². The summed E-state index contributed by atoms with van der Waals surface area (Å²) in [5.41, 5.74) is 2.86. The smallest absolute Gasteiger partial charge is 0.331 e. The number of esters is 1. The van der Waals surface area contributed by atoms with Crippen LogP contribution in [0.5, 0.6) is 11.5 Å². The largest absolute Gasteiger partial charge is 0.493 e. The topological polar surface area (TPSA) is 100.0 Å². The van der Waals surface area contributed by atoms with E-state index in [9.17, 15) is 14.4 Å². The van der Waals surface area contributed by atoms with Crippen molar-refractivity contribution in [1.82, 2.24) is 14.7 Å². The second-order valence-corrected chi connectivity index (χ2v) is 7.77. The number of benzene rings is 2. The number of likely N-dealkylation sites (tertiary alicyclic amines) is 1. The van der Waals surface area contributed by atoms with Crippen LogP contribution in [0.4, 0.5) is 0 Å².